The van der Waals surface area contributed by atoms with Crippen molar-refractivity contribution in [3.63, 3.8) is 0 Å². The number of rotatable bonds is 4. The van der Waals surface area contributed by atoms with Crippen LogP contribution in [0.25, 0.3) is 11.0 Å². The number of piperidine rings is 1. The molecule has 1 aromatic heterocycles. The van der Waals surface area contributed by atoms with Crippen LogP contribution in [0.3, 0.4) is 0 Å². The number of carbonyl (C=O) groups excluding carboxylic acids is 1. The highest BCUT2D eigenvalue weighted by Gasteiger charge is 2.42. The molecule has 4 nitrogen and oxygen atoms in total. The van der Waals surface area contributed by atoms with E-state index < -0.39 is 0 Å². The number of carbonyl (C=O) groups is 1. The number of fused-ring (bicyclic) bond motifs is 1. The molecular weight excluding hydrogens is 336 g/mol. The minimum atomic E-state index is 0.225. The van der Waals surface area contributed by atoms with Gasteiger partial charge in [0.15, 0.2) is 0 Å². The van der Waals surface area contributed by atoms with E-state index >= 15 is 0 Å². The summed E-state index contributed by atoms with van der Waals surface area (Å²) in [6.45, 7) is 5.63. The lowest BCUT2D eigenvalue weighted by Gasteiger charge is -2.41. The van der Waals surface area contributed by atoms with Gasteiger partial charge >= 0.3 is 0 Å². The molecule has 27 heavy (non-hydrogen) atoms. The molecule has 3 heterocycles. The van der Waals surface area contributed by atoms with E-state index in [2.05, 4.69) is 9.80 Å². The fourth-order valence-corrected chi connectivity index (χ4v) is 5.19. The number of benzene rings is 1. The van der Waals surface area contributed by atoms with Crippen LogP contribution in [0.1, 0.15) is 44.3 Å². The van der Waals surface area contributed by atoms with E-state index in [1.807, 2.05) is 30.3 Å². The van der Waals surface area contributed by atoms with Gasteiger partial charge in [0, 0.05) is 25.0 Å². The Kier molecular flexibility index (Phi) is 4.47. The summed E-state index contributed by atoms with van der Waals surface area (Å²) in [6, 6.07) is 9.99. The zero-order valence-electron chi connectivity index (χ0n) is 16.2. The Labute approximate surface area is 161 Å². The Hall–Kier alpha value is -1.81. The van der Waals surface area contributed by atoms with Gasteiger partial charge in [0.1, 0.15) is 11.3 Å². The van der Waals surface area contributed by atoms with E-state index in [1.54, 1.807) is 0 Å². The predicted molar refractivity (Wildman–Crippen MR) is 107 cm³/mol. The third-order valence-corrected chi connectivity index (χ3v) is 7.25. The van der Waals surface area contributed by atoms with Gasteiger partial charge in [-0.15, -0.1) is 0 Å². The molecular formula is C23H30N2O2. The van der Waals surface area contributed by atoms with Crippen molar-refractivity contribution in [1.29, 1.82) is 0 Å². The molecule has 1 spiro atoms. The third kappa shape index (κ3) is 3.52. The summed E-state index contributed by atoms with van der Waals surface area (Å²) in [6.07, 6.45) is 8.39. The zero-order valence-corrected chi connectivity index (χ0v) is 16.2. The molecule has 2 aromatic rings. The van der Waals surface area contributed by atoms with E-state index in [9.17, 15) is 4.79 Å². The molecule has 5 rings (SSSR count). The van der Waals surface area contributed by atoms with E-state index in [0.29, 0.717) is 11.8 Å². The van der Waals surface area contributed by atoms with Crippen molar-refractivity contribution in [2.45, 2.75) is 44.9 Å². The third-order valence-electron chi connectivity index (χ3n) is 7.25. The Bertz CT molecular complexity index is 782. The number of hydrogen-bond acceptors (Lipinski definition) is 3. The molecule has 1 saturated carbocycles. The van der Waals surface area contributed by atoms with Crippen molar-refractivity contribution in [3.05, 3.63) is 36.1 Å². The van der Waals surface area contributed by atoms with Crippen LogP contribution in [-0.4, -0.2) is 48.4 Å². The van der Waals surface area contributed by atoms with E-state index in [0.717, 1.165) is 35.7 Å². The average Bonchev–Trinajstić information content (AvgIpc) is 3.24. The highest BCUT2D eigenvalue weighted by atomic mass is 16.3. The first-order valence-electron chi connectivity index (χ1n) is 10.7. The summed E-state index contributed by atoms with van der Waals surface area (Å²) in [5, 5.41) is 1.08. The molecule has 1 aliphatic carbocycles. The Morgan fingerprint density at radius 1 is 1.11 bits per heavy atom. The van der Waals surface area contributed by atoms with Crippen LogP contribution < -0.4 is 0 Å². The van der Waals surface area contributed by atoms with Crippen LogP contribution in [0.15, 0.2) is 34.7 Å². The predicted octanol–water partition coefficient (Wildman–Crippen LogP) is 4.09. The Morgan fingerprint density at radius 3 is 2.63 bits per heavy atom. The van der Waals surface area contributed by atoms with Crippen molar-refractivity contribution in [2.24, 2.45) is 11.3 Å². The van der Waals surface area contributed by atoms with Gasteiger partial charge in [-0.2, -0.15) is 0 Å². The van der Waals surface area contributed by atoms with Gasteiger partial charge in [-0.3, -0.25) is 4.79 Å². The lowest BCUT2D eigenvalue weighted by Crippen LogP contribution is -2.44. The first kappa shape index (κ1) is 17.3. The molecule has 1 amide bonds. The van der Waals surface area contributed by atoms with Crippen LogP contribution in [0, 0.1) is 11.3 Å². The largest absolute Gasteiger partial charge is 0.461 e. The SMILES string of the molecule is O=C(Cc1cc2ccccc2o1)N1CCC2(CCN(CC3CCC3)CC2)C1. The molecule has 144 valence electrons. The lowest BCUT2D eigenvalue weighted by molar-refractivity contribution is -0.130. The summed E-state index contributed by atoms with van der Waals surface area (Å²) in [5.41, 5.74) is 1.25. The fourth-order valence-electron chi connectivity index (χ4n) is 5.19. The Morgan fingerprint density at radius 2 is 1.89 bits per heavy atom. The number of para-hydroxylation sites is 1. The molecule has 3 aliphatic rings. The number of hydrogen-bond donors (Lipinski definition) is 0. The smallest absolute Gasteiger partial charge is 0.230 e. The zero-order chi connectivity index (χ0) is 18.3. The van der Waals surface area contributed by atoms with Crippen LogP contribution in [0.4, 0.5) is 0 Å². The summed E-state index contributed by atoms with van der Waals surface area (Å²) in [5.74, 6) is 1.98. The van der Waals surface area contributed by atoms with Crippen molar-refractivity contribution < 1.29 is 9.21 Å². The van der Waals surface area contributed by atoms with Gasteiger partial charge in [-0.05, 0) is 68.7 Å². The van der Waals surface area contributed by atoms with Crippen LogP contribution in [0.5, 0.6) is 0 Å². The highest BCUT2D eigenvalue weighted by molar-refractivity contribution is 5.82. The molecule has 0 N–H and O–H groups in total. The van der Waals surface area contributed by atoms with Crippen LogP contribution >= 0.6 is 0 Å². The van der Waals surface area contributed by atoms with Gasteiger partial charge in [-0.25, -0.2) is 0 Å². The molecule has 0 atom stereocenters. The van der Waals surface area contributed by atoms with Gasteiger partial charge in [0.05, 0.1) is 6.42 Å². The van der Waals surface area contributed by atoms with Crippen LogP contribution in [0.2, 0.25) is 0 Å². The summed E-state index contributed by atoms with van der Waals surface area (Å²) in [4.78, 5) is 17.6. The first-order valence-corrected chi connectivity index (χ1v) is 10.7. The monoisotopic (exact) mass is 366 g/mol. The van der Waals surface area contributed by atoms with E-state index in [1.165, 1.54) is 58.2 Å². The lowest BCUT2D eigenvalue weighted by atomic mass is 9.77. The maximum atomic E-state index is 12.8. The maximum absolute atomic E-state index is 12.8. The topological polar surface area (TPSA) is 36.7 Å². The minimum Gasteiger partial charge on any atom is -0.461 e. The second-order valence-electron chi connectivity index (χ2n) is 9.09. The quantitative estimate of drug-likeness (QED) is 0.818. The van der Waals surface area contributed by atoms with Crippen LogP contribution in [-0.2, 0) is 11.2 Å². The van der Waals surface area contributed by atoms with Gasteiger partial charge in [0.25, 0.3) is 0 Å². The number of likely N-dealkylation sites (tertiary alicyclic amines) is 2. The average molecular weight is 367 g/mol. The molecule has 0 bridgehead atoms. The summed E-state index contributed by atoms with van der Waals surface area (Å²) >= 11 is 0. The minimum absolute atomic E-state index is 0.225. The van der Waals surface area contributed by atoms with E-state index in [4.69, 9.17) is 4.42 Å². The number of furan rings is 1. The first-order chi connectivity index (χ1) is 13.2. The molecule has 0 unspecified atom stereocenters. The summed E-state index contributed by atoms with van der Waals surface area (Å²) in [7, 11) is 0. The van der Waals surface area contributed by atoms with Crippen molar-refractivity contribution in [2.75, 3.05) is 32.7 Å². The van der Waals surface area contributed by atoms with Crippen molar-refractivity contribution in [1.82, 2.24) is 9.80 Å². The summed E-state index contributed by atoms with van der Waals surface area (Å²) < 4.78 is 5.85. The normalized spacial score (nSPS) is 23.2. The number of nitrogens with zero attached hydrogens (tertiary/aromatic N) is 2. The molecule has 0 radical (unpaired) electrons. The molecule has 4 heteroatoms. The van der Waals surface area contributed by atoms with E-state index in [-0.39, 0.29) is 5.91 Å². The van der Waals surface area contributed by atoms with Crippen molar-refractivity contribution >= 4 is 16.9 Å². The number of amides is 1. The second kappa shape index (κ2) is 6.97. The molecule has 2 aliphatic heterocycles. The van der Waals surface area contributed by atoms with Gasteiger partial charge in [-0.1, -0.05) is 24.6 Å². The fraction of sp³-hybridized carbons (Fsp3) is 0.609. The highest BCUT2D eigenvalue weighted by Crippen LogP contribution is 2.41. The molecule has 1 aromatic carbocycles. The molecule has 3 fully saturated rings. The van der Waals surface area contributed by atoms with Gasteiger partial charge < -0.3 is 14.2 Å². The Balaban J connectivity index is 1.16. The maximum Gasteiger partial charge on any atom is 0.230 e. The standard InChI is InChI=1S/C23H30N2O2/c26-22(15-20-14-19-6-1-2-7-21(19)27-20)25-13-10-23(17-25)8-11-24(12-9-23)16-18-4-3-5-18/h1-2,6-7,14,18H,3-5,8-13,15-17H2. The molecule has 2 saturated heterocycles. The van der Waals surface area contributed by atoms with Gasteiger partial charge in [0.2, 0.25) is 5.91 Å². The second-order valence-corrected chi connectivity index (χ2v) is 9.09. The van der Waals surface area contributed by atoms with Crippen molar-refractivity contribution in [3.8, 4) is 0 Å².